The molecular formula is C17H26N2O4. The first-order valence-electron chi connectivity index (χ1n) is 8.10. The van der Waals surface area contributed by atoms with Crippen molar-refractivity contribution < 1.29 is 20.1 Å². The van der Waals surface area contributed by atoms with Crippen molar-refractivity contribution in [3.05, 3.63) is 35.9 Å². The first-order valence-corrected chi connectivity index (χ1v) is 8.10. The van der Waals surface area contributed by atoms with Crippen molar-refractivity contribution in [3.63, 3.8) is 0 Å². The topological polar surface area (TPSA) is 102 Å². The summed E-state index contributed by atoms with van der Waals surface area (Å²) in [5, 5.41) is 36.2. The summed E-state index contributed by atoms with van der Waals surface area (Å²) in [6.45, 7) is 2.00. The number of hydrogen-bond acceptors (Lipinski definition) is 5. The number of amides is 1. The van der Waals surface area contributed by atoms with Crippen LogP contribution in [0, 0.1) is 5.92 Å². The van der Waals surface area contributed by atoms with Gasteiger partial charge < -0.3 is 26.0 Å². The Morgan fingerprint density at radius 2 is 2.00 bits per heavy atom. The lowest BCUT2D eigenvalue weighted by Crippen LogP contribution is -2.66. The highest BCUT2D eigenvalue weighted by Gasteiger charge is 2.40. The maximum absolute atomic E-state index is 11.5. The van der Waals surface area contributed by atoms with Crippen LogP contribution in [0.5, 0.6) is 0 Å². The van der Waals surface area contributed by atoms with Gasteiger partial charge in [-0.3, -0.25) is 4.79 Å². The molecule has 0 aliphatic carbocycles. The van der Waals surface area contributed by atoms with E-state index in [1.165, 1.54) is 0 Å². The van der Waals surface area contributed by atoms with E-state index in [1.807, 2.05) is 30.3 Å². The van der Waals surface area contributed by atoms with E-state index < -0.39 is 24.3 Å². The first-order chi connectivity index (χ1) is 11.1. The Kier molecular flexibility index (Phi) is 6.53. The summed E-state index contributed by atoms with van der Waals surface area (Å²) in [5.41, 5.74) is 1.07. The second-order valence-electron chi connectivity index (χ2n) is 6.08. The van der Waals surface area contributed by atoms with Crippen molar-refractivity contribution in [2.24, 2.45) is 5.92 Å². The van der Waals surface area contributed by atoms with Gasteiger partial charge in [0.05, 0.1) is 12.1 Å². The van der Waals surface area contributed by atoms with Crippen molar-refractivity contribution in [1.29, 1.82) is 0 Å². The molecule has 2 rings (SSSR count). The van der Waals surface area contributed by atoms with Gasteiger partial charge in [-0.15, -0.1) is 0 Å². The number of aliphatic hydroxyl groups is 3. The number of carbonyl (C=O) groups excluding carboxylic acids is 1. The lowest BCUT2D eigenvalue weighted by atomic mass is 9.83. The van der Waals surface area contributed by atoms with Gasteiger partial charge in [-0.05, 0) is 12.0 Å². The minimum Gasteiger partial charge on any atom is -0.396 e. The maximum atomic E-state index is 11.5. The van der Waals surface area contributed by atoms with Crippen molar-refractivity contribution in [2.75, 3.05) is 13.2 Å². The second kappa shape index (κ2) is 8.40. The molecule has 0 saturated carbocycles. The molecule has 5 N–H and O–H groups in total. The number of carbonyl (C=O) groups is 1. The maximum Gasteiger partial charge on any atom is 0.220 e. The Labute approximate surface area is 136 Å². The van der Waals surface area contributed by atoms with E-state index in [0.717, 1.165) is 5.56 Å². The minimum atomic E-state index is -1.05. The van der Waals surface area contributed by atoms with Gasteiger partial charge in [0.1, 0.15) is 6.10 Å². The molecule has 0 radical (unpaired) electrons. The highest BCUT2D eigenvalue weighted by Crippen LogP contribution is 2.21. The van der Waals surface area contributed by atoms with E-state index in [2.05, 4.69) is 10.6 Å². The standard InChI is InChI=1S/C17H26N2O4/c1-2-14(21)19-13-9-18-15(17(23)16(13)22)12(10-20)8-11-6-4-3-5-7-11/h3-7,12-13,15-18,20,22-23H,2,8-10H2,1H3,(H,19,21)/t12?,13-,15+,16+,17+/m0/s1. The van der Waals surface area contributed by atoms with Gasteiger partial charge in [-0.1, -0.05) is 37.3 Å². The number of piperidine rings is 1. The van der Waals surface area contributed by atoms with E-state index >= 15 is 0 Å². The predicted octanol–water partition coefficient (Wildman–Crippen LogP) is -0.574. The molecule has 1 aliphatic rings. The van der Waals surface area contributed by atoms with Crippen molar-refractivity contribution in [3.8, 4) is 0 Å². The van der Waals surface area contributed by atoms with Gasteiger partial charge in [0, 0.05) is 31.5 Å². The lowest BCUT2D eigenvalue weighted by Gasteiger charge is -2.41. The third kappa shape index (κ3) is 4.51. The van der Waals surface area contributed by atoms with Crippen molar-refractivity contribution >= 4 is 5.91 Å². The second-order valence-corrected chi connectivity index (χ2v) is 6.08. The third-order valence-corrected chi connectivity index (χ3v) is 4.45. The molecule has 0 bridgehead atoms. The van der Waals surface area contributed by atoms with Crippen LogP contribution in [0.1, 0.15) is 18.9 Å². The molecule has 1 amide bonds. The third-order valence-electron chi connectivity index (χ3n) is 4.45. The molecule has 1 aliphatic heterocycles. The molecule has 1 heterocycles. The van der Waals surface area contributed by atoms with Gasteiger partial charge in [0.2, 0.25) is 5.91 Å². The molecule has 1 saturated heterocycles. The highest BCUT2D eigenvalue weighted by atomic mass is 16.3. The van der Waals surface area contributed by atoms with Crippen LogP contribution in [-0.4, -0.2) is 58.7 Å². The van der Waals surface area contributed by atoms with Crippen LogP contribution in [0.4, 0.5) is 0 Å². The summed E-state index contributed by atoms with van der Waals surface area (Å²) in [4.78, 5) is 11.5. The molecule has 5 atom stereocenters. The van der Waals surface area contributed by atoms with Crippen LogP contribution in [0.2, 0.25) is 0 Å². The molecule has 1 unspecified atom stereocenters. The summed E-state index contributed by atoms with van der Waals surface area (Å²) in [5.74, 6) is -0.380. The quantitative estimate of drug-likeness (QED) is 0.483. The van der Waals surface area contributed by atoms with Crippen LogP contribution in [0.3, 0.4) is 0 Å². The van der Waals surface area contributed by atoms with Crippen LogP contribution in [-0.2, 0) is 11.2 Å². The SMILES string of the molecule is CCC(=O)N[C@H]1CN[C@H](C(CO)Cc2ccccc2)[C@@H](O)[C@@H]1O. The molecule has 1 aromatic carbocycles. The molecule has 0 spiro atoms. The number of nitrogens with one attached hydrogen (secondary N) is 2. The van der Waals surface area contributed by atoms with Crippen molar-refractivity contribution in [2.45, 2.75) is 44.1 Å². The van der Waals surface area contributed by atoms with Gasteiger partial charge in [0.15, 0.2) is 0 Å². The zero-order valence-electron chi connectivity index (χ0n) is 13.4. The summed E-state index contributed by atoms with van der Waals surface area (Å²) in [6, 6.07) is 8.78. The normalized spacial score (nSPS) is 29.0. The Hall–Kier alpha value is -1.47. The molecule has 0 aromatic heterocycles. The Morgan fingerprint density at radius 1 is 1.30 bits per heavy atom. The summed E-state index contributed by atoms with van der Waals surface area (Å²) in [7, 11) is 0. The molecule has 6 nitrogen and oxygen atoms in total. The molecule has 128 valence electrons. The van der Waals surface area contributed by atoms with Crippen LogP contribution in [0.15, 0.2) is 30.3 Å². The van der Waals surface area contributed by atoms with E-state index in [4.69, 9.17) is 0 Å². The zero-order valence-corrected chi connectivity index (χ0v) is 13.4. The zero-order chi connectivity index (χ0) is 16.8. The monoisotopic (exact) mass is 322 g/mol. The van der Waals surface area contributed by atoms with E-state index in [0.29, 0.717) is 19.4 Å². The average Bonchev–Trinajstić information content (AvgIpc) is 2.58. The highest BCUT2D eigenvalue weighted by molar-refractivity contribution is 5.75. The van der Waals surface area contributed by atoms with E-state index in [-0.39, 0.29) is 18.4 Å². The molecule has 6 heteroatoms. The molecule has 23 heavy (non-hydrogen) atoms. The number of aliphatic hydroxyl groups excluding tert-OH is 3. The Balaban J connectivity index is 2.01. The predicted molar refractivity (Wildman–Crippen MR) is 86.7 cm³/mol. The van der Waals surface area contributed by atoms with Crippen molar-refractivity contribution in [1.82, 2.24) is 10.6 Å². The van der Waals surface area contributed by atoms with Crippen LogP contribution in [0.25, 0.3) is 0 Å². The van der Waals surface area contributed by atoms with Gasteiger partial charge in [-0.2, -0.15) is 0 Å². The van der Waals surface area contributed by atoms with E-state index in [9.17, 15) is 20.1 Å². The fourth-order valence-electron chi connectivity index (χ4n) is 3.07. The minimum absolute atomic E-state index is 0.0949. The first kappa shape index (κ1) is 17.9. The molecule has 1 aromatic rings. The van der Waals surface area contributed by atoms with Gasteiger partial charge >= 0.3 is 0 Å². The Morgan fingerprint density at radius 3 is 2.61 bits per heavy atom. The average molecular weight is 322 g/mol. The number of benzene rings is 1. The lowest BCUT2D eigenvalue weighted by molar-refractivity contribution is -0.124. The summed E-state index contributed by atoms with van der Waals surface area (Å²) < 4.78 is 0. The van der Waals surface area contributed by atoms with Crippen LogP contribution < -0.4 is 10.6 Å². The van der Waals surface area contributed by atoms with Gasteiger partial charge in [0.25, 0.3) is 0 Å². The number of rotatable bonds is 6. The summed E-state index contributed by atoms with van der Waals surface area (Å²) >= 11 is 0. The summed E-state index contributed by atoms with van der Waals surface area (Å²) in [6.07, 6.45) is -1.17. The van der Waals surface area contributed by atoms with E-state index in [1.54, 1.807) is 6.92 Å². The number of hydrogen-bond donors (Lipinski definition) is 5. The fourth-order valence-corrected chi connectivity index (χ4v) is 3.07. The Bertz CT molecular complexity index is 497. The van der Waals surface area contributed by atoms with Gasteiger partial charge in [-0.25, -0.2) is 0 Å². The smallest absolute Gasteiger partial charge is 0.220 e. The van der Waals surface area contributed by atoms with Crippen LogP contribution >= 0.6 is 0 Å². The largest absolute Gasteiger partial charge is 0.396 e. The molecular weight excluding hydrogens is 296 g/mol. The fraction of sp³-hybridized carbons (Fsp3) is 0.588. The molecule has 1 fully saturated rings.